The van der Waals surface area contributed by atoms with Crippen molar-refractivity contribution < 1.29 is 19.4 Å². The highest BCUT2D eigenvalue weighted by Crippen LogP contribution is 2.29. The minimum Gasteiger partial charge on any atom is -0.479 e. The highest BCUT2D eigenvalue weighted by atomic mass is 32.2. The van der Waals surface area contributed by atoms with Crippen molar-refractivity contribution in [2.75, 3.05) is 12.0 Å². The third kappa shape index (κ3) is 6.08. The highest BCUT2D eigenvalue weighted by Gasteiger charge is 2.24. The van der Waals surface area contributed by atoms with E-state index < -0.39 is 18.0 Å². The zero-order chi connectivity index (χ0) is 22.9. The van der Waals surface area contributed by atoms with Crippen LogP contribution in [-0.4, -0.2) is 40.1 Å². The lowest BCUT2D eigenvalue weighted by molar-refractivity contribution is -0.147. The predicted octanol–water partition coefficient (Wildman–Crippen LogP) is 5.59. The molecular weight excluding hydrogens is 422 g/mol. The Labute approximate surface area is 192 Å². The van der Waals surface area contributed by atoms with Gasteiger partial charge in [-0.2, -0.15) is 11.8 Å². The molecule has 0 amide bonds. The Hall–Kier alpha value is -3.38. The number of rotatable bonds is 9. The molecule has 0 fully saturated rings. The molecule has 3 rings (SSSR count). The van der Waals surface area contributed by atoms with Gasteiger partial charge in [0.1, 0.15) is 0 Å². The summed E-state index contributed by atoms with van der Waals surface area (Å²) in [4.78, 5) is 28.7. The predicted molar refractivity (Wildman–Crippen MR) is 130 cm³/mol. The molecule has 1 N–H and O–H groups in total. The number of esters is 1. The van der Waals surface area contributed by atoms with Gasteiger partial charge in [0.15, 0.2) is 6.10 Å². The van der Waals surface area contributed by atoms with Gasteiger partial charge in [-0.05, 0) is 64.9 Å². The number of carbonyl (C=O) groups excluding carboxylic acids is 1. The maximum Gasteiger partial charge on any atom is 0.345 e. The molecule has 0 saturated carbocycles. The quantitative estimate of drug-likeness (QED) is 0.431. The fraction of sp³-hybridized carbons (Fsp3) is 0.192. The molecule has 2 aromatic carbocycles. The van der Waals surface area contributed by atoms with Gasteiger partial charge in [0.05, 0.1) is 5.56 Å². The van der Waals surface area contributed by atoms with E-state index in [0.29, 0.717) is 16.9 Å². The summed E-state index contributed by atoms with van der Waals surface area (Å²) in [5.74, 6) is -1.19. The molecular formula is C26H25NO4S. The minimum absolute atomic E-state index is 0.258. The molecule has 1 heterocycles. The van der Waals surface area contributed by atoms with Crippen molar-refractivity contribution in [2.45, 2.75) is 19.4 Å². The standard InChI is InChI=1S/C26H25NO4S/c1-18-6-3-4-8-21(18)23-16-19(9-10-20-7-5-14-27-17-20)11-12-22(23)26(30)31-24(25(28)29)13-15-32-2/h3-12,14,16-17,24H,13,15H2,1-2H3,(H,28,29). The van der Waals surface area contributed by atoms with Crippen LogP contribution in [0, 0.1) is 6.92 Å². The largest absolute Gasteiger partial charge is 0.479 e. The molecule has 5 nitrogen and oxygen atoms in total. The van der Waals surface area contributed by atoms with E-state index in [4.69, 9.17) is 4.74 Å². The monoisotopic (exact) mass is 447 g/mol. The zero-order valence-corrected chi connectivity index (χ0v) is 18.8. The summed E-state index contributed by atoms with van der Waals surface area (Å²) in [5, 5.41) is 9.45. The maximum atomic E-state index is 13.0. The van der Waals surface area contributed by atoms with E-state index in [0.717, 1.165) is 22.3 Å². The van der Waals surface area contributed by atoms with Gasteiger partial charge in [0, 0.05) is 18.8 Å². The number of carboxylic acid groups (broad SMARTS) is 1. The minimum atomic E-state index is -1.18. The lowest BCUT2D eigenvalue weighted by Crippen LogP contribution is -2.28. The summed E-state index contributed by atoms with van der Waals surface area (Å²) >= 11 is 1.51. The van der Waals surface area contributed by atoms with Crippen LogP contribution in [0.5, 0.6) is 0 Å². The average Bonchev–Trinajstić information content (AvgIpc) is 2.81. The number of aryl methyl sites for hydroxylation is 1. The average molecular weight is 448 g/mol. The van der Waals surface area contributed by atoms with Gasteiger partial charge < -0.3 is 9.84 Å². The van der Waals surface area contributed by atoms with Gasteiger partial charge in [-0.1, -0.05) is 48.6 Å². The number of carboxylic acids is 1. The molecule has 1 unspecified atom stereocenters. The number of pyridine rings is 1. The van der Waals surface area contributed by atoms with Crippen molar-refractivity contribution in [2.24, 2.45) is 0 Å². The second-order valence-corrected chi connectivity index (χ2v) is 8.24. The van der Waals surface area contributed by atoms with Gasteiger partial charge >= 0.3 is 11.9 Å². The van der Waals surface area contributed by atoms with Crippen molar-refractivity contribution in [1.82, 2.24) is 4.98 Å². The van der Waals surface area contributed by atoms with E-state index in [-0.39, 0.29) is 6.42 Å². The smallest absolute Gasteiger partial charge is 0.345 e. The van der Waals surface area contributed by atoms with Crippen LogP contribution in [0.15, 0.2) is 67.0 Å². The molecule has 164 valence electrons. The Balaban J connectivity index is 1.98. The van der Waals surface area contributed by atoms with E-state index in [1.165, 1.54) is 11.8 Å². The summed E-state index contributed by atoms with van der Waals surface area (Å²) in [6.45, 7) is 1.97. The molecule has 0 bridgehead atoms. The van der Waals surface area contributed by atoms with Gasteiger partial charge in [-0.25, -0.2) is 9.59 Å². The van der Waals surface area contributed by atoms with Crippen LogP contribution in [0.2, 0.25) is 0 Å². The second kappa shape index (κ2) is 11.3. The van der Waals surface area contributed by atoms with Gasteiger partial charge in [0.25, 0.3) is 0 Å². The summed E-state index contributed by atoms with van der Waals surface area (Å²) in [7, 11) is 0. The number of nitrogens with zero attached hydrogens (tertiary/aromatic N) is 1. The first-order valence-electron chi connectivity index (χ1n) is 10.2. The van der Waals surface area contributed by atoms with Crippen LogP contribution in [0.25, 0.3) is 23.3 Å². The first kappa shape index (κ1) is 23.3. The molecule has 0 aliphatic rings. The maximum absolute atomic E-state index is 13.0. The van der Waals surface area contributed by atoms with Crippen LogP contribution < -0.4 is 0 Å². The Kier molecular flexibility index (Phi) is 8.22. The highest BCUT2D eigenvalue weighted by molar-refractivity contribution is 7.98. The van der Waals surface area contributed by atoms with E-state index in [1.54, 1.807) is 18.5 Å². The van der Waals surface area contributed by atoms with Gasteiger partial charge in [-0.3, -0.25) is 4.98 Å². The van der Waals surface area contributed by atoms with E-state index >= 15 is 0 Å². The molecule has 32 heavy (non-hydrogen) atoms. The van der Waals surface area contributed by atoms with Crippen LogP contribution in [0.4, 0.5) is 0 Å². The third-order valence-electron chi connectivity index (χ3n) is 4.96. The second-order valence-electron chi connectivity index (χ2n) is 7.25. The third-order valence-corrected chi connectivity index (χ3v) is 5.60. The fourth-order valence-corrected chi connectivity index (χ4v) is 3.71. The molecule has 1 atom stereocenters. The summed E-state index contributed by atoms with van der Waals surface area (Å²) < 4.78 is 5.39. The van der Waals surface area contributed by atoms with E-state index in [2.05, 4.69) is 4.98 Å². The number of aromatic nitrogens is 1. The Bertz CT molecular complexity index is 1110. The number of aliphatic carboxylic acids is 1. The SMILES string of the molecule is CSCCC(OC(=O)c1ccc(C=Cc2cccnc2)cc1-c1ccccc1C)C(=O)O. The zero-order valence-electron chi connectivity index (χ0n) is 18.0. The number of thioether (sulfide) groups is 1. The number of ether oxygens (including phenoxy) is 1. The molecule has 6 heteroatoms. The Morgan fingerprint density at radius 1 is 1.06 bits per heavy atom. The molecule has 1 aromatic heterocycles. The number of carbonyl (C=O) groups is 2. The van der Waals surface area contributed by atoms with Crippen LogP contribution in [0.1, 0.15) is 33.5 Å². The first-order chi connectivity index (χ1) is 15.5. The van der Waals surface area contributed by atoms with Crippen molar-refractivity contribution in [3.05, 3.63) is 89.2 Å². The van der Waals surface area contributed by atoms with Crippen molar-refractivity contribution in [3.8, 4) is 11.1 Å². The fourth-order valence-electron chi connectivity index (χ4n) is 3.26. The van der Waals surface area contributed by atoms with Crippen molar-refractivity contribution in [1.29, 1.82) is 0 Å². The normalized spacial score (nSPS) is 11.9. The lowest BCUT2D eigenvalue weighted by atomic mass is 9.94. The number of hydrogen-bond donors (Lipinski definition) is 1. The molecule has 0 aliphatic carbocycles. The van der Waals surface area contributed by atoms with E-state index in [1.807, 2.05) is 73.9 Å². The number of hydrogen-bond acceptors (Lipinski definition) is 5. The molecule has 3 aromatic rings. The first-order valence-corrected chi connectivity index (χ1v) is 11.6. The Morgan fingerprint density at radius 3 is 2.53 bits per heavy atom. The van der Waals surface area contributed by atoms with Crippen LogP contribution >= 0.6 is 11.8 Å². The molecule has 0 spiro atoms. The molecule has 0 aliphatic heterocycles. The van der Waals surface area contributed by atoms with Crippen LogP contribution in [-0.2, 0) is 9.53 Å². The number of benzene rings is 2. The van der Waals surface area contributed by atoms with Gasteiger partial charge in [-0.15, -0.1) is 0 Å². The molecule has 0 radical (unpaired) electrons. The van der Waals surface area contributed by atoms with E-state index in [9.17, 15) is 14.7 Å². The molecule has 0 saturated heterocycles. The Morgan fingerprint density at radius 2 is 1.84 bits per heavy atom. The topological polar surface area (TPSA) is 76.5 Å². The summed E-state index contributed by atoms with van der Waals surface area (Å²) in [6, 6.07) is 17.0. The van der Waals surface area contributed by atoms with Crippen molar-refractivity contribution in [3.63, 3.8) is 0 Å². The van der Waals surface area contributed by atoms with Crippen LogP contribution in [0.3, 0.4) is 0 Å². The summed E-state index contributed by atoms with van der Waals surface area (Å²) in [5.41, 5.74) is 4.81. The lowest BCUT2D eigenvalue weighted by Gasteiger charge is -2.16. The summed E-state index contributed by atoms with van der Waals surface area (Å²) in [6.07, 6.45) is 8.35. The van der Waals surface area contributed by atoms with Gasteiger partial charge in [0.2, 0.25) is 0 Å². The van der Waals surface area contributed by atoms with Crippen molar-refractivity contribution >= 4 is 35.9 Å².